The van der Waals surface area contributed by atoms with Crippen molar-refractivity contribution in [2.75, 3.05) is 5.32 Å². The standard InChI is InChI=1S/C14H9F3NO/c15-14(16,17)11-5-3-6-12(8-11)18-13-7-2-1-4-10(13)9-19/h1-8,18H. The smallest absolute Gasteiger partial charge is 0.355 e. The van der Waals surface area contributed by atoms with Crippen molar-refractivity contribution in [1.29, 1.82) is 0 Å². The minimum absolute atomic E-state index is 0.262. The summed E-state index contributed by atoms with van der Waals surface area (Å²) in [5, 5.41) is 2.77. The van der Waals surface area contributed by atoms with Crippen molar-refractivity contribution in [3.05, 3.63) is 59.7 Å². The van der Waals surface area contributed by atoms with Crippen LogP contribution in [0.5, 0.6) is 0 Å². The van der Waals surface area contributed by atoms with E-state index in [9.17, 15) is 18.0 Å². The molecule has 0 heterocycles. The largest absolute Gasteiger partial charge is 0.416 e. The van der Waals surface area contributed by atoms with Gasteiger partial charge in [-0.2, -0.15) is 13.2 Å². The average Bonchev–Trinajstić information content (AvgIpc) is 2.39. The molecule has 2 rings (SSSR count). The Morgan fingerprint density at radius 2 is 1.74 bits per heavy atom. The molecule has 2 aromatic rings. The van der Waals surface area contributed by atoms with E-state index in [-0.39, 0.29) is 11.3 Å². The highest BCUT2D eigenvalue weighted by Crippen LogP contribution is 2.31. The molecule has 0 spiro atoms. The summed E-state index contributed by atoms with van der Waals surface area (Å²) in [7, 11) is 0. The Kier molecular flexibility index (Phi) is 3.55. The molecule has 0 atom stereocenters. The molecule has 0 unspecified atom stereocenters. The maximum absolute atomic E-state index is 12.6. The quantitative estimate of drug-likeness (QED) is 0.910. The first kappa shape index (κ1) is 13.1. The van der Waals surface area contributed by atoms with Crippen molar-refractivity contribution in [3.63, 3.8) is 0 Å². The lowest BCUT2D eigenvalue weighted by Crippen LogP contribution is -2.05. The number of rotatable bonds is 3. The Bertz CT molecular complexity index is 593. The molecule has 0 saturated carbocycles. The number of para-hydroxylation sites is 1. The van der Waals surface area contributed by atoms with Crippen LogP contribution < -0.4 is 5.32 Å². The van der Waals surface area contributed by atoms with Crippen LogP contribution in [0, 0.1) is 0 Å². The summed E-state index contributed by atoms with van der Waals surface area (Å²) < 4.78 is 37.7. The number of anilines is 2. The van der Waals surface area contributed by atoms with E-state index in [0.717, 1.165) is 12.1 Å². The predicted octanol–water partition coefficient (Wildman–Crippen LogP) is 3.91. The Morgan fingerprint density at radius 1 is 1.00 bits per heavy atom. The molecule has 2 nitrogen and oxygen atoms in total. The van der Waals surface area contributed by atoms with Crippen molar-refractivity contribution in [2.24, 2.45) is 0 Å². The predicted molar refractivity (Wildman–Crippen MR) is 66.0 cm³/mol. The monoisotopic (exact) mass is 264 g/mol. The van der Waals surface area contributed by atoms with Crippen LogP contribution in [0.25, 0.3) is 0 Å². The zero-order valence-electron chi connectivity index (χ0n) is 9.66. The first-order valence-corrected chi connectivity index (χ1v) is 5.42. The number of benzene rings is 2. The summed E-state index contributed by atoms with van der Waals surface area (Å²) in [5.41, 5.74) is 0.194. The molecule has 0 bridgehead atoms. The van der Waals surface area contributed by atoms with Crippen molar-refractivity contribution in [2.45, 2.75) is 6.18 Å². The van der Waals surface area contributed by atoms with E-state index in [1.165, 1.54) is 18.2 Å². The number of hydrogen-bond donors (Lipinski definition) is 1. The molecule has 19 heavy (non-hydrogen) atoms. The normalized spacial score (nSPS) is 11.1. The molecule has 1 N–H and O–H groups in total. The second-order valence-corrected chi connectivity index (χ2v) is 3.85. The van der Waals surface area contributed by atoms with Gasteiger partial charge >= 0.3 is 6.18 Å². The van der Waals surface area contributed by atoms with Crippen LogP contribution in [0.4, 0.5) is 24.5 Å². The molecule has 0 aromatic heterocycles. The first-order chi connectivity index (χ1) is 9.00. The summed E-state index contributed by atoms with van der Waals surface area (Å²) in [6.07, 6.45) is -2.67. The summed E-state index contributed by atoms with van der Waals surface area (Å²) in [6, 6.07) is 11.2. The van der Waals surface area contributed by atoms with Crippen LogP contribution >= 0.6 is 0 Å². The van der Waals surface area contributed by atoms with E-state index >= 15 is 0 Å². The maximum Gasteiger partial charge on any atom is 0.416 e. The van der Waals surface area contributed by atoms with Crippen LogP contribution in [0.3, 0.4) is 0 Å². The third-order valence-electron chi connectivity index (χ3n) is 2.51. The minimum atomic E-state index is -4.39. The fourth-order valence-corrected chi connectivity index (χ4v) is 1.61. The lowest BCUT2D eigenvalue weighted by Gasteiger charge is -2.11. The highest BCUT2D eigenvalue weighted by atomic mass is 19.4. The first-order valence-electron chi connectivity index (χ1n) is 5.42. The van der Waals surface area contributed by atoms with Gasteiger partial charge in [-0.05, 0) is 30.3 Å². The fourth-order valence-electron chi connectivity index (χ4n) is 1.61. The van der Waals surface area contributed by atoms with Gasteiger partial charge in [-0.25, -0.2) is 0 Å². The van der Waals surface area contributed by atoms with Gasteiger partial charge in [0.1, 0.15) is 0 Å². The van der Waals surface area contributed by atoms with E-state index in [0.29, 0.717) is 5.69 Å². The lowest BCUT2D eigenvalue weighted by atomic mass is 10.1. The fraction of sp³-hybridized carbons (Fsp3) is 0.0714. The van der Waals surface area contributed by atoms with Gasteiger partial charge in [0.2, 0.25) is 6.29 Å². The zero-order chi connectivity index (χ0) is 13.9. The molecular formula is C14H9F3NO. The highest BCUT2D eigenvalue weighted by molar-refractivity contribution is 5.86. The van der Waals surface area contributed by atoms with Crippen molar-refractivity contribution in [3.8, 4) is 0 Å². The molecule has 0 fully saturated rings. The van der Waals surface area contributed by atoms with Crippen LogP contribution in [0.1, 0.15) is 11.1 Å². The number of halogens is 3. The summed E-state index contributed by atoms with van der Waals surface area (Å²) in [4.78, 5) is 10.7. The second kappa shape index (κ2) is 5.14. The van der Waals surface area contributed by atoms with Crippen molar-refractivity contribution < 1.29 is 18.0 Å². The van der Waals surface area contributed by atoms with Crippen LogP contribution in [0.15, 0.2) is 48.5 Å². The van der Waals surface area contributed by atoms with E-state index in [2.05, 4.69) is 5.32 Å². The number of nitrogens with one attached hydrogen (secondary N) is 1. The van der Waals surface area contributed by atoms with Gasteiger partial charge in [-0.3, -0.25) is 4.79 Å². The number of carbonyl (C=O) groups excluding carboxylic acids is 1. The molecule has 1 radical (unpaired) electrons. The molecule has 0 aliphatic heterocycles. The number of alkyl halides is 3. The van der Waals surface area contributed by atoms with Crippen molar-refractivity contribution >= 4 is 17.7 Å². The summed E-state index contributed by atoms with van der Waals surface area (Å²) in [6.45, 7) is 0. The molecule has 0 saturated heterocycles. The second-order valence-electron chi connectivity index (χ2n) is 3.85. The third-order valence-corrected chi connectivity index (χ3v) is 2.51. The lowest BCUT2D eigenvalue weighted by molar-refractivity contribution is -0.137. The maximum atomic E-state index is 12.6. The van der Waals surface area contributed by atoms with Crippen LogP contribution in [0.2, 0.25) is 0 Å². The topological polar surface area (TPSA) is 29.1 Å². The van der Waals surface area contributed by atoms with Gasteiger partial charge < -0.3 is 5.32 Å². The summed E-state index contributed by atoms with van der Waals surface area (Å²) >= 11 is 0. The third kappa shape index (κ3) is 3.13. The van der Waals surface area contributed by atoms with Crippen LogP contribution in [-0.4, -0.2) is 6.29 Å². The molecule has 5 heteroatoms. The molecule has 0 amide bonds. The zero-order valence-corrected chi connectivity index (χ0v) is 9.66. The Hall–Kier alpha value is -2.30. The van der Waals surface area contributed by atoms with Gasteiger partial charge in [-0.1, -0.05) is 18.2 Å². The van der Waals surface area contributed by atoms with Crippen LogP contribution in [-0.2, 0) is 11.0 Å². The molecule has 0 aliphatic rings. The SMILES string of the molecule is O=[C]c1ccccc1Nc1cccc(C(F)(F)F)c1. The minimum Gasteiger partial charge on any atom is -0.355 e. The van der Waals surface area contributed by atoms with Gasteiger partial charge in [0.25, 0.3) is 0 Å². The molecular weight excluding hydrogens is 255 g/mol. The van der Waals surface area contributed by atoms with E-state index in [1.807, 2.05) is 0 Å². The Morgan fingerprint density at radius 3 is 2.42 bits per heavy atom. The molecule has 97 valence electrons. The molecule has 2 aromatic carbocycles. The Balaban J connectivity index is 2.31. The van der Waals surface area contributed by atoms with E-state index in [4.69, 9.17) is 0 Å². The number of hydrogen-bond acceptors (Lipinski definition) is 2. The van der Waals surface area contributed by atoms with Crippen molar-refractivity contribution in [1.82, 2.24) is 0 Å². The van der Waals surface area contributed by atoms with Gasteiger partial charge in [0.15, 0.2) is 0 Å². The van der Waals surface area contributed by atoms with E-state index < -0.39 is 11.7 Å². The highest BCUT2D eigenvalue weighted by Gasteiger charge is 2.30. The van der Waals surface area contributed by atoms with Gasteiger partial charge in [-0.15, -0.1) is 0 Å². The Labute approximate surface area is 107 Å². The van der Waals surface area contributed by atoms with E-state index in [1.54, 1.807) is 24.5 Å². The van der Waals surface area contributed by atoms with Gasteiger partial charge in [0.05, 0.1) is 5.56 Å². The molecule has 0 aliphatic carbocycles. The average molecular weight is 264 g/mol. The van der Waals surface area contributed by atoms with Gasteiger partial charge in [0, 0.05) is 16.9 Å². The summed E-state index contributed by atoms with van der Waals surface area (Å²) in [5.74, 6) is 0.